The van der Waals surface area contributed by atoms with Crippen LogP contribution < -0.4 is 0 Å². The van der Waals surface area contributed by atoms with Gasteiger partial charge in [-0.1, -0.05) is 47.5 Å². The van der Waals surface area contributed by atoms with Crippen molar-refractivity contribution in [3.8, 4) is 0 Å². The Morgan fingerprint density at radius 3 is 2.17 bits per heavy atom. The molecule has 0 saturated carbocycles. The van der Waals surface area contributed by atoms with Crippen molar-refractivity contribution in [3.05, 3.63) is 69.7 Å². The monoisotopic (exact) mass is 584 g/mol. The number of rotatable bonds is 9. The third-order valence-electron chi connectivity index (χ3n) is 9.26. The standard InChI is InChI=1S/C32H42Cl2N4O2/c1-35(30(39)25-9-3-2-4-10-25)24-27(26-11-12-28(33)29(34)23-26)13-20-36-21-14-32(15-22-36,38-18-7-8-19-38)31(40)37-16-5-6-17-37/h2-4,9-12,23,27H,5-8,13-22,24H2,1H3/t27-/m1/s1. The fraction of sp³-hybridized carbons (Fsp3) is 0.562. The van der Waals surface area contributed by atoms with Crippen LogP contribution in [0, 0.1) is 0 Å². The van der Waals surface area contributed by atoms with Crippen LogP contribution in [0.4, 0.5) is 0 Å². The molecule has 6 nitrogen and oxygen atoms in total. The van der Waals surface area contributed by atoms with E-state index in [0.717, 1.165) is 83.5 Å². The number of nitrogens with zero attached hydrogens (tertiary/aromatic N) is 4. The molecule has 2 aromatic rings. The summed E-state index contributed by atoms with van der Waals surface area (Å²) in [6.45, 7) is 7.25. The van der Waals surface area contributed by atoms with Gasteiger partial charge in [0.1, 0.15) is 5.54 Å². The lowest BCUT2D eigenvalue weighted by Gasteiger charge is -2.48. The van der Waals surface area contributed by atoms with E-state index in [1.807, 2.05) is 60.5 Å². The summed E-state index contributed by atoms with van der Waals surface area (Å²) in [4.78, 5) is 35.9. The van der Waals surface area contributed by atoms with Crippen molar-refractivity contribution < 1.29 is 9.59 Å². The third kappa shape index (κ3) is 6.51. The number of amides is 2. The molecule has 0 spiro atoms. The molecular weight excluding hydrogens is 543 g/mol. The SMILES string of the molecule is CN(C[C@@H](CCN1CCC(C(=O)N2CCCC2)(N2CCCC2)CC1)c1ccc(Cl)c(Cl)c1)C(=O)c1ccccc1. The van der Waals surface area contributed by atoms with Gasteiger partial charge in [-0.05, 0) is 94.4 Å². The van der Waals surface area contributed by atoms with Gasteiger partial charge in [-0.25, -0.2) is 0 Å². The Balaban J connectivity index is 1.26. The molecule has 0 N–H and O–H groups in total. The molecule has 5 rings (SSSR count). The molecule has 3 fully saturated rings. The van der Waals surface area contributed by atoms with Crippen molar-refractivity contribution in [2.24, 2.45) is 0 Å². The summed E-state index contributed by atoms with van der Waals surface area (Å²) in [5.74, 6) is 0.504. The van der Waals surface area contributed by atoms with Gasteiger partial charge in [0.15, 0.2) is 0 Å². The average Bonchev–Trinajstić information content (AvgIpc) is 3.72. The molecule has 3 aliphatic rings. The van der Waals surface area contributed by atoms with Crippen molar-refractivity contribution in [1.82, 2.24) is 19.6 Å². The van der Waals surface area contributed by atoms with Gasteiger partial charge in [-0.2, -0.15) is 0 Å². The molecule has 3 heterocycles. The normalized spacial score (nSPS) is 20.5. The van der Waals surface area contributed by atoms with Gasteiger partial charge in [0, 0.05) is 51.3 Å². The Labute approximate surface area is 249 Å². The van der Waals surface area contributed by atoms with Crippen LogP contribution in [0.2, 0.25) is 10.0 Å². The number of halogens is 2. The van der Waals surface area contributed by atoms with Gasteiger partial charge in [-0.15, -0.1) is 0 Å². The van der Waals surface area contributed by atoms with Crippen LogP contribution in [-0.2, 0) is 4.79 Å². The predicted octanol–water partition coefficient (Wildman–Crippen LogP) is 5.79. The maximum atomic E-state index is 13.8. The van der Waals surface area contributed by atoms with Crippen LogP contribution in [-0.4, -0.2) is 96.4 Å². The van der Waals surface area contributed by atoms with E-state index in [-0.39, 0.29) is 17.4 Å². The number of piperidine rings is 1. The Hall–Kier alpha value is -2.12. The first-order chi connectivity index (χ1) is 19.4. The number of carbonyl (C=O) groups excluding carboxylic acids is 2. The highest BCUT2D eigenvalue weighted by Gasteiger charge is 2.48. The molecule has 3 saturated heterocycles. The number of hydrogen-bond donors (Lipinski definition) is 0. The first-order valence-electron chi connectivity index (χ1n) is 14.9. The van der Waals surface area contributed by atoms with Crippen molar-refractivity contribution >= 4 is 35.0 Å². The molecule has 0 aromatic heterocycles. The zero-order chi connectivity index (χ0) is 28.1. The van der Waals surface area contributed by atoms with E-state index < -0.39 is 0 Å². The van der Waals surface area contributed by atoms with E-state index in [2.05, 4.69) is 14.7 Å². The Morgan fingerprint density at radius 1 is 0.875 bits per heavy atom. The van der Waals surface area contributed by atoms with E-state index >= 15 is 0 Å². The first-order valence-corrected chi connectivity index (χ1v) is 15.7. The Kier molecular flexibility index (Phi) is 9.72. The minimum atomic E-state index is -0.331. The lowest BCUT2D eigenvalue weighted by Crippen LogP contribution is -2.63. The molecule has 0 unspecified atom stereocenters. The summed E-state index contributed by atoms with van der Waals surface area (Å²) in [5.41, 5.74) is 1.45. The van der Waals surface area contributed by atoms with Gasteiger partial charge >= 0.3 is 0 Å². The largest absolute Gasteiger partial charge is 0.341 e. The molecular formula is C32H42Cl2N4O2. The van der Waals surface area contributed by atoms with Gasteiger partial charge in [-0.3, -0.25) is 14.5 Å². The zero-order valence-corrected chi connectivity index (χ0v) is 25.2. The number of benzene rings is 2. The molecule has 40 heavy (non-hydrogen) atoms. The second kappa shape index (κ2) is 13.2. The van der Waals surface area contributed by atoms with E-state index in [4.69, 9.17) is 23.2 Å². The highest BCUT2D eigenvalue weighted by atomic mass is 35.5. The average molecular weight is 586 g/mol. The molecule has 0 bridgehead atoms. The van der Waals surface area contributed by atoms with Gasteiger partial charge in [0.05, 0.1) is 10.0 Å². The van der Waals surface area contributed by atoms with Crippen molar-refractivity contribution in [2.75, 3.05) is 59.4 Å². The van der Waals surface area contributed by atoms with Crippen LogP contribution >= 0.6 is 23.2 Å². The van der Waals surface area contributed by atoms with E-state index in [9.17, 15) is 9.59 Å². The maximum Gasteiger partial charge on any atom is 0.253 e. The van der Waals surface area contributed by atoms with Crippen molar-refractivity contribution in [2.45, 2.75) is 56.4 Å². The summed E-state index contributed by atoms with van der Waals surface area (Å²) in [6, 6.07) is 15.2. The molecule has 0 aliphatic carbocycles. The summed E-state index contributed by atoms with van der Waals surface area (Å²) in [6.07, 6.45) is 7.33. The van der Waals surface area contributed by atoms with E-state index in [1.54, 1.807) is 0 Å². The Bertz CT molecular complexity index is 1160. The quantitative estimate of drug-likeness (QED) is 0.374. The second-order valence-electron chi connectivity index (χ2n) is 11.8. The summed E-state index contributed by atoms with van der Waals surface area (Å²) in [5, 5.41) is 1.07. The number of likely N-dealkylation sites (N-methyl/N-ethyl adjacent to an activating group) is 1. The minimum absolute atomic E-state index is 0.0134. The molecule has 8 heteroatoms. The number of carbonyl (C=O) groups is 2. The van der Waals surface area contributed by atoms with Gasteiger partial charge in [0.25, 0.3) is 5.91 Å². The van der Waals surface area contributed by atoms with Crippen molar-refractivity contribution in [1.29, 1.82) is 0 Å². The lowest BCUT2D eigenvalue weighted by atomic mass is 9.83. The lowest BCUT2D eigenvalue weighted by molar-refractivity contribution is -0.146. The van der Waals surface area contributed by atoms with Crippen LogP contribution in [0.15, 0.2) is 48.5 Å². The third-order valence-corrected chi connectivity index (χ3v) is 10.00. The smallest absolute Gasteiger partial charge is 0.253 e. The number of likely N-dealkylation sites (tertiary alicyclic amines) is 3. The Morgan fingerprint density at radius 2 is 1.52 bits per heavy atom. The minimum Gasteiger partial charge on any atom is -0.341 e. The van der Waals surface area contributed by atoms with Gasteiger partial charge in [0.2, 0.25) is 5.91 Å². The van der Waals surface area contributed by atoms with E-state index in [0.29, 0.717) is 28.1 Å². The number of hydrogen-bond acceptors (Lipinski definition) is 4. The van der Waals surface area contributed by atoms with E-state index in [1.165, 1.54) is 12.8 Å². The van der Waals surface area contributed by atoms with Gasteiger partial charge < -0.3 is 14.7 Å². The topological polar surface area (TPSA) is 47.1 Å². The summed E-state index contributed by atoms with van der Waals surface area (Å²) >= 11 is 12.6. The van der Waals surface area contributed by atoms with Crippen LogP contribution in [0.1, 0.15) is 66.8 Å². The molecule has 0 radical (unpaired) electrons. The maximum absolute atomic E-state index is 13.8. The predicted molar refractivity (Wildman–Crippen MR) is 162 cm³/mol. The zero-order valence-electron chi connectivity index (χ0n) is 23.7. The second-order valence-corrected chi connectivity index (χ2v) is 12.6. The first kappa shape index (κ1) is 29.4. The summed E-state index contributed by atoms with van der Waals surface area (Å²) in [7, 11) is 1.87. The highest BCUT2D eigenvalue weighted by Crippen LogP contribution is 2.36. The molecule has 2 amide bonds. The highest BCUT2D eigenvalue weighted by molar-refractivity contribution is 6.42. The molecule has 3 aliphatic heterocycles. The summed E-state index contributed by atoms with van der Waals surface area (Å²) < 4.78 is 0. The fourth-order valence-corrected chi connectivity index (χ4v) is 7.16. The molecule has 216 valence electrons. The fourth-order valence-electron chi connectivity index (χ4n) is 6.85. The molecule has 2 aromatic carbocycles. The molecule has 1 atom stereocenters. The van der Waals surface area contributed by atoms with Crippen LogP contribution in [0.5, 0.6) is 0 Å². The van der Waals surface area contributed by atoms with Crippen LogP contribution in [0.25, 0.3) is 0 Å². The van der Waals surface area contributed by atoms with Crippen molar-refractivity contribution in [3.63, 3.8) is 0 Å². The van der Waals surface area contributed by atoms with Crippen LogP contribution in [0.3, 0.4) is 0 Å².